The predicted molar refractivity (Wildman–Crippen MR) is 136 cm³/mol. The average Bonchev–Trinajstić information content (AvgIpc) is 3.52. The van der Waals surface area contributed by atoms with Gasteiger partial charge in [-0.1, -0.05) is 13.0 Å². The molecule has 1 aromatic carbocycles. The first-order chi connectivity index (χ1) is 17.2. The van der Waals surface area contributed by atoms with Gasteiger partial charge in [-0.25, -0.2) is 18.4 Å². The Kier molecular flexibility index (Phi) is 7.25. The smallest absolute Gasteiger partial charge is 0.276 e. The molecule has 0 fully saturated rings. The van der Waals surface area contributed by atoms with Gasteiger partial charge in [-0.3, -0.25) is 4.79 Å². The Balaban J connectivity index is 1.79. The molecule has 4 rings (SSSR count). The molecule has 0 aliphatic heterocycles. The first-order valence-electron chi connectivity index (χ1n) is 11.5. The maximum absolute atomic E-state index is 13.5. The monoisotopic (exact) mass is 508 g/mol. The number of carbonyl (C=O) groups is 1. The van der Waals surface area contributed by atoms with E-state index in [1.165, 1.54) is 13.1 Å². The van der Waals surface area contributed by atoms with Crippen molar-refractivity contribution in [3.8, 4) is 0 Å². The van der Waals surface area contributed by atoms with Gasteiger partial charge in [-0.05, 0) is 68.3 Å². The van der Waals surface area contributed by atoms with Crippen LogP contribution in [0.3, 0.4) is 0 Å². The van der Waals surface area contributed by atoms with Gasteiger partial charge in [-0.2, -0.15) is 0 Å². The molecule has 10 heteroatoms. The number of nitrogens with one attached hydrogen (secondary N) is 1. The van der Waals surface area contributed by atoms with Crippen LogP contribution in [0.2, 0.25) is 0 Å². The van der Waals surface area contributed by atoms with E-state index in [4.69, 9.17) is 8.83 Å². The summed E-state index contributed by atoms with van der Waals surface area (Å²) in [6.07, 6.45) is 2.93. The highest BCUT2D eigenvalue weighted by Gasteiger charge is 2.26. The molecule has 0 saturated carbocycles. The second-order valence-electron chi connectivity index (χ2n) is 8.49. The lowest BCUT2D eigenvalue weighted by atomic mass is 10.1. The molecule has 3 heterocycles. The SMILES string of the molecule is CCS(=O)(=O)c1ncc(N(Cc2ccco2)Cc2ccc(C)o2)c(C(=O)Nc2ccc(C)c(C)c2)n1. The fourth-order valence-corrected chi connectivity index (χ4v) is 4.32. The van der Waals surface area contributed by atoms with Crippen LogP contribution in [0, 0.1) is 20.8 Å². The van der Waals surface area contributed by atoms with Crippen LogP contribution in [0.1, 0.15) is 45.8 Å². The van der Waals surface area contributed by atoms with Crippen molar-refractivity contribution in [1.29, 1.82) is 0 Å². The number of furan rings is 2. The Hall–Kier alpha value is -3.92. The summed E-state index contributed by atoms with van der Waals surface area (Å²) >= 11 is 0. The third-order valence-corrected chi connectivity index (χ3v) is 7.31. The lowest BCUT2D eigenvalue weighted by Crippen LogP contribution is -2.27. The molecule has 0 radical (unpaired) electrons. The quantitative estimate of drug-likeness (QED) is 0.319. The molecule has 3 aromatic heterocycles. The summed E-state index contributed by atoms with van der Waals surface area (Å²) in [4.78, 5) is 23.7. The van der Waals surface area contributed by atoms with Gasteiger partial charge in [0.1, 0.15) is 17.3 Å². The van der Waals surface area contributed by atoms with Gasteiger partial charge in [0.05, 0.1) is 37.0 Å². The highest BCUT2D eigenvalue weighted by molar-refractivity contribution is 7.91. The van der Waals surface area contributed by atoms with Crippen molar-refractivity contribution in [1.82, 2.24) is 9.97 Å². The number of hydrogen-bond donors (Lipinski definition) is 1. The second-order valence-corrected chi connectivity index (χ2v) is 10.7. The Morgan fingerprint density at radius 3 is 2.44 bits per heavy atom. The standard InChI is InChI=1S/C26H28N4O5S/c1-5-36(32,33)26-27-14-23(24(29-26)25(31)28-20-10-8-17(2)18(3)13-20)30(15-21-7-6-12-34-21)16-22-11-9-19(4)35-22/h6-14H,5,15-16H2,1-4H3,(H,28,31). The number of aromatic nitrogens is 2. The van der Waals surface area contributed by atoms with Gasteiger partial charge in [0.2, 0.25) is 15.0 Å². The number of amides is 1. The number of nitrogens with zero attached hydrogens (tertiary/aromatic N) is 3. The number of sulfone groups is 1. The van der Waals surface area contributed by atoms with E-state index in [0.717, 1.165) is 16.9 Å². The number of anilines is 2. The van der Waals surface area contributed by atoms with Crippen LogP contribution in [0.15, 0.2) is 68.9 Å². The van der Waals surface area contributed by atoms with Crippen LogP contribution in [-0.4, -0.2) is 30.0 Å². The van der Waals surface area contributed by atoms with Crippen molar-refractivity contribution >= 4 is 27.1 Å². The molecule has 36 heavy (non-hydrogen) atoms. The molecule has 9 nitrogen and oxygen atoms in total. The minimum absolute atomic E-state index is 0.0647. The molecule has 4 aromatic rings. The summed E-state index contributed by atoms with van der Waals surface area (Å²) < 4.78 is 36.4. The maximum atomic E-state index is 13.5. The molecule has 1 amide bonds. The van der Waals surface area contributed by atoms with Gasteiger partial charge in [-0.15, -0.1) is 0 Å². The third kappa shape index (κ3) is 5.65. The zero-order valence-corrected chi connectivity index (χ0v) is 21.4. The maximum Gasteiger partial charge on any atom is 0.276 e. The number of benzene rings is 1. The molecule has 0 unspecified atom stereocenters. The van der Waals surface area contributed by atoms with Crippen molar-refractivity contribution in [3.05, 3.63) is 89.0 Å². The Morgan fingerprint density at radius 2 is 1.81 bits per heavy atom. The number of aryl methyl sites for hydroxylation is 3. The highest BCUT2D eigenvalue weighted by atomic mass is 32.2. The van der Waals surface area contributed by atoms with E-state index in [0.29, 0.717) is 22.9 Å². The molecule has 0 aliphatic rings. The van der Waals surface area contributed by atoms with Crippen LogP contribution < -0.4 is 10.2 Å². The lowest BCUT2D eigenvalue weighted by molar-refractivity contribution is 0.102. The van der Waals surface area contributed by atoms with Crippen molar-refractivity contribution in [2.24, 2.45) is 0 Å². The van der Waals surface area contributed by atoms with Crippen LogP contribution in [0.4, 0.5) is 11.4 Å². The van der Waals surface area contributed by atoms with Crippen LogP contribution in [0.5, 0.6) is 0 Å². The van der Waals surface area contributed by atoms with Gasteiger partial charge < -0.3 is 19.1 Å². The van der Waals surface area contributed by atoms with E-state index in [1.54, 1.807) is 18.4 Å². The minimum atomic E-state index is -3.75. The van der Waals surface area contributed by atoms with Gasteiger partial charge in [0.25, 0.3) is 5.91 Å². The van der Waals surface area contributed by atoms with Crippen LogP contribution in [0.25, 0.3) is 0 Å². The first-order valence-corrected chi connectivity index (χ1v) is 13.1. The lowest BCUT2D eigenvalue weighted by Gasteiger charge is -2.24. The van der Waals surface area contributed by atoms with Gasteiger partial charge in [0.15, 0.2) is 5.69 Å². The summed E-state index contributed by atoms with van der Waals surface area (Å²) in [5.41, 5.74) is 2.96. The molecule has 0 bridgehead atoms. The summed E-state index contributed by atoms with van der Waals surface area (Å²) in [5, 5.41) is 2.45. The van der Waals surface area contributed by atoms with Crippen molar-refractivity contribution in [3.63, 3.8) is 0 Å². The topological polar surface area (TPSA) is 119 Å². The molecule has 0 aliphatic carbocycles. The van der Waals surface area contributed by atoms with Crippen LogP contribution in [-0.2, 0) is 22.9 Å². The third-order valence-electron chi connectivity index (χ3n) is 5.80. The second kappa shape index (κ2) is 10.4. The largest absolute Gasteiger partial charge is 0.467 e. The Bertz CT molecular complexity index is 1480. The highest BCUT2D eigenvalue weighted by Crippen LogP contribution is 2.26. The zero-order valence-electron chi connectivity index (χ0n) is 20.6. The molecule has 1 N–H and O–H groups in total. The van der Waals surface area contributed by atoms with Crippen molar-refractivity contribution in [2.75, 3.05) is 16.0 Å². The molecule has 0 saturated heterocycles. The van der Waals surface area contributed by atoms with Gasteiger partial charge >= 0.3 is 0 Å². The molecule has 0 spiro atoms. The summed E-state index contributed by atoms with van der Waals surface area (Å²) in [6, 6.07) is 12.8. The molecular formula is C26H28N4O5S. The Morgan fingerprint density at radius 1 is 1.03 bits per heavy atom. The van der Waals surface area contributed by atoms with Crippen LogP contribution >= 0.6 is 0 Å². The fraction of sp³-hybridized carbons (Fsp3) is 0.269. The summed E-state index contributed by atoms with van der Waals surface area (Å²) in [6.45, 7) is 7.83. The van der Waals surface area contributed by atoms with Gasteiger partial charge in [0, 0.05) is 5.69 Å². The zero-order chi connectivity index (χ0) is 25.9. The number of rotatable bonds is 9. The van der Waals surface area contributed by atoms with E-state index in [1.807, 2.05) is 56.0 Å². The minimum Gasteiger partial charge on any atom is -0.467 e. The van der Waals surface area contributed by atoms with E-state index in [9.17, 15) is 13.2 Å². The summed E-state index contributed by atoms with van der Waals surface area (Å²) in [7, 11) is -3.75. The van der Waals surface area contributed by atoms with E-state index < -0.39 is 20.9 Å². The van der Waals surface area contributed by atoms with E-state index in [2.05, 4.69) is 15.3 Å². The average molecular weight is 509 g/mol. The number of carbonyl (C=O) groups excluding carboxylic acids is 1. The van der Waals surface area contributed by atoms with Crippen molar-refractivity contribution < 1.29 is 22.0 Å². The normalized spacial score (nSPS) is 11.4. The van der Waals surface area contributed by atoms with E-state index in [-0.39, 0.29) is 24.5 Å². The number of hydrogen-bond acceptors (Lipinski definition) is 8. The predicted octanol–water partition coefficient (Wildman–Crippen LogP) is 4.84. The molecular weight excluding hydrogens is 480 g/mol. The Labute approximate surface area is 210 Å². The first kappa shape index (κ1) is 25.2. The fourth-order valence-electron chi connectivity index (χ4n) is 3.62. The molecule has 188 valence electrons. The summed E-state index contributed by atoms with van der Waals surface area (Å²) in [5.74, 6) is 1.31. The van der Waals surface area contributed by atoms with E-state index >= 15 is 0 Å². The van der Waals surface area contributed by atoms with Crippen molar-refractivity contribution in [2.45, 2.75) is 45.9 Å². The molecule has 0 atom stereocenters.